The Morgan fingerprint density at radius 1 is 0.386 bits per heavy atom. The molecule has 0 aliphatic rings. The van der Waals surface area contributed by atoms with Gasteiger partial charge < -0.3 is 24.2 Å². The van der Waals surface area contributed by atoms with Crippen molar-refractivity contribution in [1.29, 1.82) is 0 Å². The van der Waals surface area contributed by atoms with Crippen molar-refractivity contribution in [3.8, 4) is 0 Å². The zero-order valence-electron chi connectivity index (χ0n) is 45.5. The summed E-state index contributed by atoms with van der Waals surface area (Å²) in [5, 5.41) is 9.77. The molecule has 0 aliphatic heterocycles. The number of carbonyl (C=O) groups is 3. The van der Waals surface area contributed by atoms with Gasteiger partial charge in [0, 0.05) is 19.3 Å². The third-order valence-corrected chi connectivity index (χ3v) is 13.8. The summed E-state index contributed by atoms with van der Waals surface area (Å²) in [4.78, 5) is 48.4. The van der Waals surface area contributed by atoms with E-state index in [1.54, 1.807) is 0 Å². The minimum absolute atomic E-state index is 0.162. The molecule has 0 fully saturated rings. The molecule has 3 atom stereocenters. The molecule has 70 heavy (non-hydrogen) atoms. The SMILES string of the molecule is CCCCCCCC/C=C\CCCCCCCCCCCC(=O)OCC(COP(=O)(O)OCC(CO)OC(=O)CCCCCCCCCCC)OC(=O)CCCCCCC/C=C\CCCCCCCC. The van der Waals surface area contributed by atoms with E-state index in [0.717, 1.165) is 77.0 Å². The topological polar surface area (TPSA) is 155 Å². The number of allylic oxidation sites excluding steroid dienone is 4. The van der Waals surface area contributed by atoms with E-state index < -0.39 is 57.8 Å². The fourth-order valence-electron chi connectivity index (χ4n) is 8.35. The standard InChI is InChI=1S/C58H109O11P/c1-4-7-10-13-16-19-21-23-25-26-27-28-30-31-33-36-38-41-44-47-56(60)65-51-55(69-58(62)49-46-43-40-37-34-32-29-24-22-20-17-14-11-8-5-2)53-67-70(63,64)66-52-54(50-59)68-57(61)48-45-42-39-35-18-15-12-9-6-3/h23-25,29,54-55,59H,4-22,26-28,30-53H2,1-3H3,(H,63,64)/b25-23-,29-24-. The molecule has 0 aromatic rings. The van der Waals surface area contributed by atoms with Crippen LogP contribution < -0.4 is 0 Å². The summed E-state index contributed by atoms with van der Waals surface area (Å²) in [7, 11) is -4.74. The van der Waals surface area contributed by atoms with Crippen LogP contribution in [0.15, 0.2) is 24.3 Å². The van der Waals surface area contributed by atoms with Gasteiger partial charge in [0.15, 0.2) is 6.10 Å². The van der Waals surface area contributed by atoms with Crippen molar-refractivity contribution >= 4 is 25.7 Å². The van der Waals surface area contributed by atoms with Crippen LogP contribution >= 0.6 is 7.82 Å². The lowest BCUT2D eigenvalue weighted by Gasteiger charge is -2.21. The van der Waals surface area contributed by atoms with E-state index >= 15 is 0 Å². The maximum Gasteiger partial charge on any atom is 0.472 e. The van der Waals surface area contributed by atoms with Crippen LogP contribution in [0.2, 0.25) is 0 Å². The molecule has 12 heteroatoms. The first-order chi connectivity index (χ1) is 34.2. The van der Waals surface area contributed by atoms with Gasteiger partial charge in [-0.05, 0) is 70.6 Å². The van der Waals surface area contributed by atoms with Crippen LogP contribution in [0.5, 0.6) is 0 Å². The van der Waals surface area contributed by atoms with Gasteiger partial charge in [-0.25, -0.2) is 4.57 Å². The molecule has 0 saturated carbocycles. The maximum atomic E-state index is 12.9. The third-order valence-electron chi connectivity index (χ3n) is 12.8. The third kappa shape index (κ3) is 50.9. The smallest absolute Gasteiger partial charge is 0.462 e. The lowest BCUT2D eigenvalue weighted by Crippen LogP contribution is -2.30. The molecule has 0 bridgehead atoms. The molecule has 0 heterocycles. The molecule has 0 saturated heterocycles. The van der Waals surface area contributed by atoms with Gasteiger partial charge in [-0.1, -0.05) is 225 Å². The van der Waals surface area contributed by atoms with Crippen molar-refractivity contribution < 1.29 is 52.2 Å². The van der Waals surface area contributed by atoms with Crippen molar-refractivity contribution in [2.24, 2.45) is 0 Å². The van der Waals surface area contributed by atoms with Crippen molar-refractivity contribution in [3.63, 3.8) is 0 Å². The molecule has 0 rings (SSSR count). The predicted molar refractivity (Wildman–Crippen MR) is 289 cm³/mol. The first kappa shape index (κ1) is 68.0. The number of carbonyl (C=O) groups excluding carboxylic acids is 3. The predicted octanol–water partition coefficient (Wildman–Crippen LogP) is 17.0. The second-order valence-corrected chi connectivity index (χ2v) is 21.3. The minimum Gasteiger partial charge on any atom is -0.462 e. The van der Waals surface area contributed by atoms with E-state index in [2.05, 4.69) is 45.1 Å². The highest BCUT2D eigenvalue weighted by atomic mass is 31.2. The molecule has 0 radical (unpaired) electrons. The first-order valence-corrected chi connectivity index (χ1v) is 30.7. The highest BCUT2D eigenvalue weighted by Crippen LogP contribution is 2.43. The summed E-state index contributed by atoms with van der Waals surface area (Å²) < 4.78 is 39.5. The number of hydrogen-bond donors (Lipinski definition) is 2. The molecule has 0 spiro atoms. The minimum atomic E-state index is -4.74. The monoisotopic (exact) mass is 1010 g/mol. The van der Waals surface area contributed by atoms with Crippen molar-refractivity contribution in [2.75, 3.05) is 26.4 Å². The lowest BCUT2D eigenvalue weighted by molar-refractivity contribution is -0.161. The van der Waals surface area contributed by atoms with Gasteiger partial charge >= 0.3 is 25.7 Å². The summed E-state index contributed by atoms with van der Waals surface area (Å²) in [6.07, 6.45) is 52.9. The zero-order valence-corrected chi connectivity index (χ0v) is 46.4. The average molecular weight is 1010 g/mol. The van der Waals surface area contributed by atoms with Crippen molar-refractivity contribution in [1.82, 2.24) is 0 Å². The number of phosphoric ester groups is 1. The van der Waals surface area contributed by atoms with Gasteiger partial charge in [-0.2, -0.15) is 0 Å². The Labute approximate surface area is 429 Å². The molecule has 0 aliphatic carbocycles. The second kappa shape index (κ2) is 53.3. The Morgan fingerprint density at radius 3 is 0.986 bits per heavy atom. The van der Waals surface area contributed by atoms with Gasteiger partial charge in [0.25, 0.3) is 0 Å². The van der Waals surface area contributed by atoms with Gasteiger partial charge in [0.1, 0.15) is 12.7 Å². The molecule has 0 aromatic carbocycles. The van der Waals surface area contributed by atoms with Crippen LogP contribution in [-0.2, 0) is 42.2 Å². The number of rotatable bonds is 55. The van der Waals surface area contributed by atoms with E-state index in [1.807, 2.05) is 0 Å². The van der Waals surface area contributed by atoms with Gasteiger partial charge in [-0.15, -0.1) is 0 Å². The van der Waals surface area contributed by atoms with Crippen molar-refractivity contribution in [2.45, 2.75) is 303 Å². The molecule has 2 N–H and O–H groups in total. The number of hydrogen-bond acceptors (Lipinski definition) is 10. The molecular weight excluding hydrogens is 904 g/mol. The Kier molecular flexibility index (Phi) is 51.7. The summed E-state index contributed by atoms with van der Waals surface area (Å²) in [6, 6.07) is 0. The first-order valence-electron chi connectivity index (χ1n) is 29.2. The number of esters is 3. The molecule has 0 amide bonds. The quantitative estimate of drug-likeness (QED) is 0.0197. The number of aliphatic hydroxyl groups excluding tert-OH is 1. The molecule has 412 valence electrons. The number of unbranched alkanes of at least 4 members (excludes halogenated alkanes) is 34. The van der Waals surface area contributed by atoms with Crippen LogP contribution in [0.25, 0.3) is 0 Å². The Balaban J connectivity index is 4.67. The fraction of sp³-hybridized carbons (Fsp3) is 0.879. The van der Waals surface area contributed by atoms with Crippen LogP contribution in [0.1, 0.15) is 290 Å². The second-order valence-electron chi connectivity index (χ2n) is 19.8. The number of phosphoric acid groups is 1. The van der Waals surface area contributed by atoms with E-state index in [0.29, 0.717) is 19.3 Å². The Bertz CT molecular complexity index is 1270. The zero-order chi connectivity index (χ0) is 51.3. The molecule has 3 unspecified atom stereocenters. The van der Waals surface area contributed by atoms with Crippen LogP contribution in [-0.4, -0.2) is 66.5 Å². The maximum absolute atomic E-state index is 12.9. The Morgan fingerprint density at radius 2 is 0.657 bits per heavy atom. The summed E-state index contributed by atoms with van der Waals surface area (Å²) in [5.41, 5.74) is 0. The highest BCUT2D eigenvalue weighted by Gasteiger charge is 2.28. The van der Waals surface area contributed by atoms with Gasteiger partial charge in [0.05, 0.1) is 19.8 Å². The Hall–Kier alpha value is -2.04. The molecule has 0 aromatic heterocycles. The lowest BCUT2D eigenvalue weighted by atomic mass is 10.1. The number of ether oxygens (including phenoxy) is 3. The summed E-state index contributed by atoms with van der Waals surface area (Å²) in [5.74, 6) is -1.46. The average Bonchev–Trinajstić information content (AvgIpc) is 3.35. The summed E-state index contributed by atoms with van der Waals surface area (Å²) in [6.45, 7) is 4.64. The van der Waals surface area contributed by atoms with Crippen LogP contribution in [0.4, 0.5) is 0 Å². The van der Waals surface area contributed by atoms with E-state index in [-0.39, 0.29) is 25.9 Å². The van der Waals surface area contributed by atoms with E-state index in [4.69, 9.17) is 23.3 Å². The molecular formula is C58H109O11P. The highest BCUT2D eigenvalue weighted by molar-refractivity contribution is 7.47. The van der Waals surface area contributed by atoms with E-state index in [1.165, 1.54) is 154 Å². The normalized spacial score (nSPS) is 13.5. The summed E-state index contributed by atoms with van der Waals surface area (Å²) >= 11 is 0. The largest absolute Gasteiger partial charge is 0.472 e. The van der Waals surface area contributed by atoms with Gasteiger partial charge in [-0.3, -0.25) is 23.4 Å². The van der Waals surface area contributed by atoms with Crippen LogP contribution in [0.3, 0.4) is 0 Å². The number of aliphatic hydroxyl groups is 1. The van der Waals surface area contributed by atoms with E-state index in [9.17, 15) is 28.9 Å². The van der Waals surface area contributed by atoms with Crippen LogP contribution in [0, 0.1) is 0 Å². The van der Waals surface area contributed by atoms with Gasteiger partial charge in [0.2, 0.25) is 0 Å². The fourth-order valence-corrected chi connectivity index (χ4v) is 9.13. The van der Waals surface area contributed by atoms with Crippen molar-refractivity contribution in [3.05, 3.63) is 24.3 Å². The molecule has 11 nitrogen and oxygen atoms in total.